The normalized spacial score (nSPS) is 13.2. The van der Waals surface area contributed by atoms with E-state index in [1.54, 1.807) is 17.3 Å². The Bertz CT molecular complexity index is 958. The van der Waals surface area contributed by atoms with E-state index in [4.69, 9.17) is 14.0 Å². The van der Waals surface area contributed by atoms with E-state index < -0.39 is 0 Å². The summed E-state index contributed by atoms with van der Waals surface area (Å²) < 4.78 is 15.9. The highest BCUT2D eigenvalue weighted by molar-refractivity contribution is 5.91. The number of carbonyl (C=O) groups is 1. The molecule has 0 spiro atoms. The maximum atomic E-state index is 12.6. The summed E-state index contributed by atoms with van der Waals surface area (Å²) >= 11 is 0. The second kappa shape index (κ2) is 8.18. The summed E-state index contributed by atoms with van der Waals surface area (Å²) in [6.45, 7) is 2.06. The number of fused-ring (bicyclic) bond motifs is 1. The number of methoxy groups -OCH3 is 1. The summed E-state index contributed by atoms with van der Waals surface area (Å²) in [5.41, 5.74) is 4.35. The molecule has 3 aromatic rings. The maximum absolute atomic E-state index is 12.6. The van der Waals surface area contributed by atoms with Crippen molar-refractivity contribution < 1.29 is 18.8 Å². The summed E-state index contributed by atoms with van der Waals surface area (Å²) in [7, 11) is 1.48. The minimum Gasteiger partial charge on any atom is -0.479 e. The van der Waals surface area contributed by atoms with Crippen LogP contribution in [-0.2, 0) is 30.9 Å². The molecule has 4 rings (SSSR count). The molecule has 0 fully saturated rings. The van der Waals surface area contributed by atoms with Crippen molar-refractivity contribution in [1.82, 2.24) is 20.0 Å². The van der Waals surface area contributed by atoms with Crippen LogP contribution in [0.15, 0.2) is 47.5 Å². The fourth-order valence-corrected chi connectivity index (χ4v) is 3.24. The zero-order chi connectivity index (χ0) is 19.3. The molecule has 0 N–H and O–H groups in total. The van der Waals surface area contributed by atoms with Gasteiger partial charge < -0.3 is 18.9 Å². The molecule has 0 atom stereocenters. The summed E-state index contributed by atoms with van der Waals surface area (Å²) in [6, 6.07) is 5.36. The smallest absolute Gasteiger partial charge is 0.292 e. The van der Waals surface area contributed by atoms with Crippen molar-refractivity contribution >= 4 is 5.91 Å². The van der Waals surface area contributed by atoms with Gasteiger partial charge in [-0.1, -0.05) is 0 Å². The Balaban J connectivity index is 1.42. The van der Waals surface area contributed by atoms with Crippen molar-refractivity contribution in [2.24, 2.45) is 0 Å². The SMILES string of the molecule is COc1cc(C(=O)N2CCc3c(COCc4ccncc4)cncc3C2)on1. The first-order valence-corrected chi connectivity index (χ1v) is 8.96. The predicted octanol–water partition coefficient (Wildman–Crippen LogP) is 2.39. The molecule has 0 radical (unpaired) electrons. The maximum Gasteiger partial charge on any atom is 0.292 e. The Labute approximate surface area is 162 Å². The number of aromatic nitrogens is 3. The summed E-state index contributed by atoms with van der Waals surface area (Å²) in [6.07, 6.45) is 7.88. The van der Waals surface area contributed by atoms with E-state index >= 15 is 0 Å². The van der Waals surface area contributed by atoms with Crippen LogP contribution in [0.5, 0.6) is 5.88 Å². The van der Waals surface area contributed by atoms with Crippen molar-refractivity contribution in [1.29, 1.82) is 0 Å². The zero-order valence-electron chi connectivity index (χ0n) is 15.5. The molecule has 4 heterocycles. The highest BCUT2D eigenvalue weighted by Crippen LogP contribution is 2.24. The molecule has 0 saturated carbocycles. The number of rotatable bonds is 6. The molecule has 0 aliphatic carbocycles. The highest BCUT2D eigenvalue weighted by atomic mass is 16.5. The summed E-state index contributed by atoms with van der Waals surface area (Å²) in [4.78, 5) is 22.7. The number of amides is 1. The number of ether oxygens (including phenoxy) is 2. The van der Waals surface area contributed by atoms with Gasteiger partial charge in [0.05, 0.1) is 26.4 Å². The van der Waals surface area contributed by atoms with Gasteiger partial charge in [0.1, 0.15) is 0 Å². The Morgan fingerprint density at radius 2 is 2.07 bits per heavy atom. The molecule has 28 heavy (non-hydrogen) atoms. The molecule has 0 unspecified atom stereocenters. The van der Waals surface area contributed by atoms with Crippen LogP contribution >= 0.6 is 0 Å². The average molecular weight is 380 g/mol. The predicted molar refractivity (Wildman–Crippen MR) is 98.5 cm³/mol. The van der Waals surface area contributed by atoms with Gasteiger partial charge in [0, 0.05) is 37.9 Å². The standard InChI is InChI=1S/C20H20N4O4/c1-26-19-8-18(28-23-19)20(25)24-7-4-17-15(11-24)9-22-10-16(17)13-27-12-14-2-5-21-6-3-14/h2-3,5-6,8-10H,4,7,11-13H2,1H3. The van der Waals surface area contributed by atoms with Crippen LogP contribution in [0.25, 0.3) is 0 Å². The van der Waals surface area contributed by atoms with Crippen LogP contribution in [-0.4, -0.2) is 39.6 Å². The quantitative estimate of drug-likeness (QED) is 0.648. The fourth-order valence-electron chi connectivity index (χ4n) is 3.24. The molecule has 1 aliphatic rings. The van der Waals surface area contributed by atoms with Gasteiger partial charge in [-0.2, -0.15) is 0 Å². The first-order chi connectivity index (χ1) is 13.7. The lowest BCUT2D eigenvalue weighted by Gasteiger charge is -2.29. The molecule has 1 aliphatic heterocycles. The van der Waals surface area contributed by atoms with Crippen LogP contribution in [0.4, 0.5) is 0 Å². The minimum absolute atomic E-state index is 0.171. The van der Waals surface area contributed by atoms with Crippen molar-refractivity contribution in [2.45, 2.75) is 26.2 Å². The molecule has 0 saturated heterocycles. The third-order valence-corrected chi connectivity index (χ3v) is 4.70. The van der Waals surface area contributed by atoms with Crippen LogP contribution < -0.4 is 4.74 Å². The molecule has 8 nitrogen and oxygen atoms in total. The molecule has 144 valence electrons. The number of carbonyl (C=O) groups excluding carboxylic acids is 1. The van der Waals surface area contributed by atoms with Gasteiger partial charge >= 0.3 is 0 Å². The van der Waals surface area contributed by atoms with E-state index in [9.17, 15) is 4.79 Å². The topological polar surface area (TPSA) is 90.6 Å². The van der Waals surface area contributed by atoms with Gasteiger partial charge in [-0.3, -0.25) is 14.8 Å². The van der Waals surface area contributed by atoms with Crippen molar-refractivity contribution in [3.05, 3.63) is 71.0 Å². The summed E-state index contributed by atoms with van der Waals surface area (Å²) in [5, 5.41) is 3.69. The zero-order valence-corrected chi connectivity index (χ0v) is 15.5. The fraction of sp³-hybridized carbons (Fsp3) is 0.300. The Kier molecular flexibility index (Phi) is 5.29. The van der Waals surface area contributed by atoms with Gasteiger partial charge in [0.25, 0.3) is 11.8 Å². The van der Waals surface area contributed by atoms with E-state index in [1.807, 2.05) is 24.5 Å². The minimum atomic E-state index is -0.208. The monoisotopic (exact) mass is 380 g/mol. The number of hydrogen-bond acceptors (Lipinski definition) is 7. The van der Waals surface area contributed by atoms with E-state index in [0.717, 1.165) is 23.1 Å². The van der Waals surface area contributed by atoms with Crippen LogP contribution in [0.2, 0.25) is 0 Å². The molecular weight excluding hydrogens is 360 g/mol. The van der Waals surface area contributed by atoms with Crippen LogP contribution in [0.1, 0.15) is 32.8 Å². The molecular formula is C20H20N4O4. The third-order valence-electron chi connectivity index (χ3n) is 4.70. The van der Waals surface area contributed by atoms with Gasteiger partial charge in [0.2, 0.25) is 5.76 Å². The summed E-state index contributed by atoms with van der Waals surface area (Å²) in [5.74, 6) is 0.252. The van der Waals surface area contributed by atoms with Crippen molar-refractivity contribution in [3.63, 3.8) is 0 Å². The van der Waals surface area contributed by atoms with E-state index in [-0.39, 0.29) is 17.5 Å². The molecule has 0 bridgehead atoms. The second-order valence-corrected chi connectivity index (χ2v) is 6.49. The molecule has 0 aromatic carbocycles. The molecule has 3 aromatic heterocycles. The lowest BCUT2D eigenvalue weighted by atomic mass is 9.97. The average Bonchev–Trinajstić information content (AvgIpc) is 3.23. The molecule has 1 amide bonds. The van der Waals surface area contributed by atoms with Gasteiger partial charge in [-0.25, -0.2) is 0 Å². The Morgan fingerprint density at radius 3 is 2.86 bits per heavy atom. The highest BCUT2D eigenvalue weighted by Gasteiger charge is 2.26. The lowest BCUT2D eigenvalue weighted by molar-refractivity contribution is 0.0689. The number of pyridine rings is 2. The first kappa shape index (κ1) is 18.1. The van der Waals surface area contributed by atoms with Gasteiger partial charge in [-0.05, 0) is 46.0 Å². The lowest BCUT2D eigenvalue weighted by Crippen LogP contribution is -2.36. The van der Waals surface area contributed by atoms with Crippen LogP contribution in [0.3, 0.4) is 0 Å². The first-order valence-electron chi connectivity index (χ1n) is 8.96. The van der Waals surface area contributed by atoms with E-state index in [0.29, 0.717) is 26.3 Å². The number of nitrogens with zero attached hydrogens (tertiary/aromatic N) is 4. The second-order valence-electron chi connectivity index (χ2n) is 6.49. The van der Waals surface area contributed by atoms with E-state index in [2.05, 4.69) is 15.1 Å². The molecule has 8 heteroatoms. The number of hydrogen-bond donors (Lipinski definition) is 0. The van der Waals surface area contributed by atoms with E-state index in [1.165, 1.54) is 18.7 Å². The largest absolute Gasteiger partial charge is 0.479 e. The Hall–Kier alpha value is -3.26. The Morgan fingerprint density at radius 1 is 1.21 bits per heavy atom. The third kappa shape index (κ3) is 3.86. The van der Waals surface area contributed by atoms with Crippen LogP contribution in [0, 0.1) is 0 Å². The van der Waals surface area contributed by atoms with Gasteiger partial charge in [0.15, 0.2) is 0 Å². The van der Waals surface area contributed by atoms with Crippen molar-refractivity contribution in [2.75, 3.05) is 13.7 Å². The van der Waals surface area contributed by atoms with Gasteiger partial charge in [-0.15, -0.1) is 0 Å². The van der Waals surface area contributed by atoms with Crippen molar-refractivity contribution in [3.8, 4) is 5.88 Å².